The molecule has 2 unspecified atom stereocenters. The molecule has 3 rings (SSSR count). The molecular weight excluding hydrogens is 258 g/mol. The minimum atomic E-state index is -0.106. The molecule has 1 saturated heterocycles. The second-order valence-corrected chi connectivity index (χ2v) is 5.49. The summed E-state index contributed by atoms with van der Waals surface area (Å²) in [7, 11) is 1.45. The van der Waals surface area contributed by atoms with Crippen molar-refractivity contribution >= 4 is 5.97 Å². The van der Waals surface area contributed by atoms with E-state index in [4.69, 9.17) is 14.2 Å². The first-order valence-corrected chi connectivity index (χ1v) is 6.86. The summed E-state index contributed by atoms with van der Waals surface area (Å²) in [5.41, 5.74) is 1.17. The lowest BCUT2D eigenvalue weighted by Crippen LogP contribution is -2.24. The molecule has 2 aliphatic rings. The van der Waals surface area contributed by atoms with Crippen LogP contribution in [-0.4, -0.2) is 37.9 Å². The molecule has 0 bridgehead atoms. The molecule has 2 heterocycles. The number of ether oxygens (including phenoxy) is 3. The zero-order valence-corrected chi connectivity index (χ0v) is 11.8. The summed E-state index contributed by atoms with van der Waals surface area (Å²) < 4.78 is 15.6. The van der Waals surface area contributed by atoms with Gasteiger partial charge in [0.1, 0.15) is 0 Å². The van der Waals surface area contributed by atoms with Crippen molar-refractivity contribution in [3.8, 4) is 11.5 Å². The first-order valence-electron chi connectivity index (χ1n) is 6.86. The molecule has 5 heteroatoms. The molecule has 2 atom stereocenters. The Bertz CT molecular complexity index is 517. The normalized spacial score (nSPS) is 24.9. The quantitative estimate of drug-likeness (QED) is 0.786. The highest BCUT2D eigenvalue weighted by Crippen LogP contribution is 2.33. The van der Waals surface area contributed by atoms with E-state index in [1.807, 2.05) is 18.2 Å². The topological polar surface area (TPSA) is 48.0 Å². The summed E-state index contributed by atoms with van der Waals surface area (Å²) in [4.78, 5) is 14.0. The third kappa shape index (κ3) is 2.45. The van der Waals surface area contributed by atoms with Crippen LogP contribution in [0.3, 0.4) is 0 Å². The summed E-state index contributed by atoms with van der Waals surface area (Å²) in [6.07, 6.45) is 0. The smallest absolute Gasteiger partial charge is 0.310 e. The summed E-state index contributed by atoms with van der Waals surface area (Å²) in [6, 6.07) is 6.00. The summed E-state index contributed by atoms with van der Waals surface area (Å²) in [5.74, 6) is 1.81. The van der Waals surface area contributed by atoms with E-state index in [0.29, 0.717) is 12.7 Å². The van der Waals surface area contributed by atoms with Crippen LogP contribution in [0, 0.1) is 11.8 Å². The van der Waals surface area contributed by atoms with Crippen molar-refractivity contribution in [3.05, 3.63) is 23.8 Å². The molecule has 0 N–H and O–H groups in total. The monoisotopic (exact) mass is 277 g/mol. The Hall–Kier alpha value is -1.75. The number of esters is 1. The minimum Gasteiger partial charge on any atom is -0.469 e. The molecule has 0 aromatic heterocycles. The Labute approximate surface area is 118 Å². The van der Waals surface area contributed by atoms with Crippen LogP contribution in [-0.2, 0) is 16.1 Å². The van der Waals surface area contributed by atoms with Crippen molar-refractivity contribution in [1.29, 1.82) is 0 Å². The summed E-state index contributed by atoms with van der Waals surface area (Å²) in [5, 5.41) is 0. The molecule has 0 saturated carbocycles. The van der Waals surface area contributed by atoms with Gasteiger partial charge in [0.15, 0.2) is 11.5 Å². The van der Waals surface area contributed by atoms with E-state index >= 15 is 0 Å². The molecule has 1 fully saturated rings. The van der Waals surface area contributed by atoms with E-state index in [1.54, 1.807) is 0 Å². The highest BCUT2D eigenvalue weighted by atomic mass is 16.7. The van der Waals surface area contributed by atoms with Crippen LogP contribution in [0.25, 0.3) is 0 Å². The molecule has 0 radical (unpaired) electrons. The van der Waals surface area contributed by atoms with Crippen molar-refractivity contribution in [2.24, 2.45) is 11.8 Å². The fourth-order valence-corrected chi connectivity index (χ4v) is 2.95. The van der Waals surface area contributed by atoms with Gasteiger partial charge in [-0.15, -0.1) is 0 Å². The van der Waals surface area contributed by atoms with Crippen LogP contribution >= 0.6 is 0 Å². The van der Waals surface area contributed by atoms with Crippen molar-refractivity contribution in [3.63, 3.8) is 0 Å². The highest BCUT2D eigenvalue weighted by molar-refractivity contribution is 5.73. The van der Waals surface area contributed by atoms with Crippen LogP contribution in [0.15, 0.2) is 18.2 Å². The largest absolute Gasteiger partial charge is 0.469 e. The van der Waals surface area contributed by atoms with E-state index in [-0.39, 0.29) is 11.9 Å². The zero-order valence-electron chi connectivity index (χ0n) is 11.8. The van der Waals surface area contributed by atoms with Crippen molar-refractivity contribution in [2.75, 3.05) is 27.0 Å². The van der Waals surface area contributed by atoms with Crippen molar-refractivity contribution in [1.82, 2.24) is 4.90 Å². The van der Waals surface area contributed by atoms with Gasteiger partial charge in [-0.2, -0.15) is 0 Å². The fourth-order valence-electron chi connectivity index (χ4n) is 2.95. The molecule has 0 amide bonds. The maximum Gasteiger partial charge on any atom is 0.310 e. The second-order valence-electron chi connectivity index (χ2n) is 5.49. The van der Waals surface area contributed by atoms with Gasteiger partial charge in [0, 0.05) is 19.6 Å². The lowest BCUT2D eigenvalue weighted by Gasteiger charge is -2.15. The van der Waals surface area contributed by atoms with Gasteiger partial charge in [-0.3, -0.25) is 9.69 Å². The van der Waals surface area contributed by atoms with Gasteiger partial charge in [0.25, 0.3) is 0 Å². The maximum atomic E-state index is 11.7. The molecule has 1 aromatic rings. The molecule has 1 aromatic carbocycles. The first-order chi connectivity index (χ1) is 9.67. The van der Waals surface area contributed by atoms with Crippen LogP contribution < -0.4 is 9.47 Å². The number of methoxy groups -OCH3 is 1. The van der Waals surface area contributed by atoms with Gasteiger partial charge >= 0.3 is 5.97 Å². The van der Waals surface area contributed by atoms with Gasteiger partial charge in [-0.05, 0) is 23.6 Å². The van der Waals surface area contributed by atoms with E-state index in [1.165, 1.54) is 12.7 Å². The van der Waals surface area contributed by atoms with Crippen LogP contribution in [0.1, 0.15) is 12.5 Å². The average molecular weight is 277 g/mol. The fraction of sp³-hybridized carbons (Fsp3) is 0.533. The van der Waals surface area contributed by atoms with Gasteiger partial charge in [0.05, 0.1) is 13.0 Å². The molecule has 2 aliphatic heterocycles. The van der Waals surface area contributed by atoms with Crippen molar-refractivity contribution in [2.45, 2.75) is 13.5 Å². The number of carbonyl (C=O) groups excluding carboxylic acids is 1. The lowest BCUT2D eigenvalue weighted by atomic mass is 9.99. The summed E-state index contributed by atoms with van der Waals surface area (Å²) >= 11 is 0. The van der Waals surface area contributed by atoms with E-state index in [0.717, 1.165) is 31.1 Å². The Morgan fingerprint density at radius 2 is 2.15 bits per heavy atom. The Morgan fingerprint density at radius 1 is 1.35 bits per heavy atom. The first kappa shape index (κ1) is 13.2. The molecule has 20 heavy (non-hydrogen) atoms. The molecular formula is C15H19NO4. The number of rotatable bonds is 3. The number of benzene rings is 1. The maximum absolute atomic E-state index is 11.7. The number of fused-ring (bicyclic) bond motifs is 1. The number of carbonyl (C=O) groups is 1. The third-order valence-corrected chi connectivity index (χ3v) is 4.04. The predicted octanol–water partition coefficient (Wildman–Crippen LogP) is 1.66. The van der Waals surface area contributed by atoms with E-state index < -0.39 is 0 Å². The Morgan fingerprint density at radius 3 is 2.95 bits per heavy atom. The van der Waals surface area contributed by atoms with Crippen LogP contribution in [0.2, 0.25) is 0 Å². The second kappa shape index (κ2) is 5.32. The van der Waals surface area contributed by atoms with E-state index in [9.17, 15) is 4.79 Å². The highest BCUT2D eigenvalue weighted by Gasteiger charge is 2.35. The van der Waals surface area contributed by atoms with Gasteiger partial charge < -0.3 is 14.2 Å². The third-order valence-electron chi connectivity index (χ3n) is 4.04. The lowest BCUT2D eigenvalue weighted by molar-refractivity contribution is -0.146. The minimum absolute atomic E-state index is 0.0194. The number of likely N-dealkylation sites (tertiary alicyclic amines) is 1. The average Bonchev–Trinajstić information content (AvgIpc) is 3.04. The molecule has 108 valence electrons. The standard InChI is InChI=1S/C15H19NO4/c1-10-6-16(8-12(10)15(17)18-2)7-11-3-4-13-14(5-11)20-9-19-13/h3-5,10,12H,6-9H2,1-2H3. The Balaban J connectivity index is 1.66. The SMILES string of the molecule is COC(=O)C1CN(Cc2ccc3c(c2)OCO3)CC1C. The number of nitrogens with zero attached hydrogens (tertiary/aromatic N) is 1. The Kier molecular flexibility index (Phi) is 3.53. The van der Waals surface area contributed by atoms with E-state index in [2.05, 4.69) is 11.8 Å². The van der Waals surface area contributed by atoms with Gasteiger partial charge in [-0.25, -0.2) is 0 Å². The molecule has 0 aliphatic carbocycles. The number of hydrogen-bond acceptors (Lipinski definition) is 5. The van der Waals surface area contributed by atoms with Gasteiger partial charge in [0.2, 0.25) is 6.79 Å². The molecule has 5 nitrogen and oxygen atoms in total. The predicted molar refractivity (Wildman–Crippen MR) is 72.5 cm³/mol. The van der Waals surface area contributed by atoms with Gasteiger partial charge in [-0.1, -0.05) is 13.0 Å². The summed E-state index contributed by atoms with van der Waals surface area (Å²) in [6.45, 7) is 4.87. The molecule has 0 spiro atoms. The number of hydrogen-bond donors (Lipinski definition) is 0. The zero-order chi connectivity index (χ0) is 14.1. The van der Waals surface area contributed by atoms with Crippen molar-refractivity contribution < 1.29 is 19.0 Å². The van der Waals surface area contributed by atoms with Crippen LogP contribution in [0.5, 0.6) is 11.5 Å². The van der Waals surface area contributed by atoms with Crippen LogP contribution in [0.4, 0.5) is 0 Å².